The maximum absolute atomic E-state index is 5.89. The predicted octanol–water partition coefficient (Wildman–Crippen LogP) is 3.53. The SMILES string of the molecule is CSc1nc(Cl)cc(NCc2cccs2)n1. The number of rotatable bonds is 4. The standard InChI is InChI=1S/C10H10ClN3S2/c1-15-10-13-8(11)5-9(14-10)12-6-7-3-2-4-16-7/h2-5H,6H2,1H3,(H,12,13,14). The number of thiophene rings is 1. The Morgan fingerprint density at radius 3 is 3.06 bits per heavy atom. The summed E-state index contributed by atoms with van der Waals surface area (Å²) in [5.74, 6) is 0.762. The monoisotopic (exact) mass is 271 g/mol. The lowest BCUT2D eigenvalue weighted by Gasteiger charge is -2.05. The predicted molar refractivity (Wildman–Crippen MR) is 70.5 cm³/mol. The van der Waals surface area contributed by atoms with Crippen LogP contribution in [0.2, 0.25) is 5.15 Å². The highest BCUT2D eigenvalue weighted by atomic mass is 35.5. The Morgan fingerprint density at radius 2 is 2.38 bits per heavy atom. The van der Waals surface area contributed by atoms with Crippen molar-refractivity contribution in [2.24, 2.45) is 0 Å². The Bertz CT molecular complexity index is 459. The van der Waals surface area contributed by atoms with Gasteiger partial charge in [-0.2, -0.15) is 0 Å². The molecule has 2 aromatic rings. The highest BCUT2D eigenvalue weighted by molar-refractivity contribution is 7.98. The molecule has 0 saturated carbocycles. The molecule has 2 rings (SSSR count). The zero-order valence-corrected chi connectivity index (χ0v) is 11.0. The molecule has 0 saturated heterocycles. The third-order valence-corrected chi connectivity index (χ3v) is 3.50. The fourth-order valence-corrected chi connectivity index (χ4v) is 2.43. The highest BCUT2D eigenvalue weighted by Gasteiger charge is 2.02. The molecule has 16 heavy (non-hydrogen) atoms. The van der Waals surface area contributed by atoms with Crippen molar-refractivity contribution in [3.05, 3.63) is 33.6 Å². The van der Waals surface area contributed by atoms with E-state index in [1.165, 1.54) is 16.6 Å². The van der Waals surface area contributed by atoms with Crippen molar-refractivity contribution in [2.45, 2.75) is 11.7 Å². The quantitative estimate of drug-likeness (QED) is 0.524. The third-order valence-electron chi connectivity index (χ3n) is 1.88. The minimum absolute atomic E-state index is 0.466. The van der Waals surface area contributed by atoms with Crippen LogP contribution in [0.3, 0.4) is 0 Å². The first kappa shape index (κ1) is 11.7. The van der Waals surface area contributed by atoms with Crippen LogP contribution in [0.1, 0.15) is 4.88 Å². The summed E-state index contributed by atoms with van der Waals surface area (Å²) in [6.45, 7) is 0.763. The lowest BCUT2D eigenvalue weighted by atomic mass is 10.4. The molecule has 6 heteroatoms. The van der Waals surface area contributed by atoms with Crippen LogP contribution in [-0.4, -0.2) is 16.2 Å². The van der Waals surface area contributed by atoms with Gasteiger partial charge in [-0.3, -0.25) is 0 Å². The largest absolute Gasteiger partial charge is 0.365 e. The van der Waals surface area contributed by atoms with Gasteiger partial charge in [0.2, 0.25) is 0 Å². The highest BCUT2D eigenvalue weighted by Crippen LogP contribution is 2.18. The number of halogens is 1. The molecule has 0 aromatic carbocycles. The van der Waals surface area contributed by atoms with E-state index in [-0.39, 0.29) is 0 Å². The first-order chi connectivity index (χ1) is 7.78. The average Bonchev–Trinajstić information content (AvgIpc) is 2.78. The van der Waals surface area contributed by atoms with E-state index >= 15 is 0 Å². The zero-order valence-electron chi connectivity index (χ0n) is 8.61. The summed E-state index contributed by atoms with van der Waals surface area (Å²) in [6.07, 6.45) is 1.93. The number of hydrogen-bond acceptors (Lipinski definition) is 5. The van der Waals surface area contributed by atoms with E-state index in [1.54, 1.807) is 17.4 Å². The number of nitrogens with one attached hydrogen (secondary N) is 1. The van der Waals surface area contributed by atoms with Gasteiger partial charge in [-0.05, 0) is 17.7 Å². The fraction of sp³-hybridized carbons (Fsp3) is 0.200. The van der Waals surface area contributed by atoms with Crippen LogP contribution >= 0.6 is 34.7 Å². The van der Waals surface area contributed by atoms with Crippen LogP contribution in [0.5, 0.6) is 0 Å². The van der Waals surface area contributed by atoms with Crippen molar-refractivity contribution in [1.29, 1.82) is 0 Å². The van der Waals surface area contributed by atoms with Gasteiger partial charge in [0.1, 0.15) is 11.0 Å². The smallest absolute Gasteiger partial charge is 0.190 e. The first-order valence-corrected chi connectivity index (χ1v) is 7.11. The number of anilines is 1. The summed E-state index contributed by atoms with van der Waals surface area (Å²) in [7, 11) is 0. The summed E-state index contributed by atoms with van der Waals surface area (Å²) in [4.78, 5) is 9.65. The van der Waals surface area contributed by atoms with Crippen LogP contribution in [0, 0.1) is 0 Å². The number of nitrogens with zero attached hydrogens (tertiary/aromatic N) is 2. The van der Waals surface area contributed by atoms with E-state index in [2.05, 4.69) is 26.7 Å². The lowest BCUT2D eigenvalue weighted by Crippen LogP contribution is -2.01. The average molecular weight is 272 g/mol. The molecule has 0 spiro atoms. The topological polar surface area (TPSA) is 37.8 Å². The van der Waals surface area contributed by atoms with Gasteiger partial charge in [-0.1, -0.05) is 29.4 Å². The van der Waals surface area contributed by atoms with Gasteiger partial charge >= 0.3 is 0 Å². The summed E-state index contributed by atoms with van der Waals surface area (Å²) >= 11 is 9.08. The molecule has 0 fully saturated rings. The van der Waals surface area contributed by atoms with Crippen LogP contribution in [-0.2, 0) is 6.54 Å². The second kappa shape index (κ2) is 5.52. The Kier molecular flexibility index (Phi) is 4.04. The van der Waals surface area contributed by atoms with Gasteiger partial charge in [-0.15, -0.1) is 11.3 Å². The molecular weight excluding hydrogens is 262 g/mol. The van der Waals surface area contributed by atoms with Gasteiger partial charge in [0.05, 0.1) is 6.54 Å². The second-order valence-electron chi connectivity index (χ2n) is 3.00. The molecule has 0 unspecified atom stereocenters. The van der Waals surface area contributed by atoms with E-state index in [0.717, 1.165) is 12.4 Å². The van der Waals surface area contributed by atoms with Gasteiger partial charge in [0.15, 0.2) is 5.16 Å². The summed E-state index contributed by atoms with van der Waals surface area (Å²) in [5.41, 5.74) is 0. The summed E-state index contributed by atoms with van der Waals surface area (Å²) in [6, 6.07) is 5.84. The number of aromatic nitrogens is 2. The third kappa shape index (κ3) is 3.10. The van der Waals surface area contributed by atoms with Crippen LogP contribution < -0.4 is 5.32 Å². The first-order valence-electron chi connectivity index (χ1n) is 4.63. The minimum atomic E-state index is 0.466. The van der Waals surface area contributed by atoms with Crippen molar-refractivity contribution in [2.75, 3.05) is 11.6 Å². The van der Waals surface area contributed by atoms with Crippen LogP contribution in [0.15, 0.2) is 28.7 Å². The normalized spacial score (nSPS) is 10.4. The Balaban J connectivity index is 2.06. The molecule has 2 heterocycles. The van der Waals surface area contributed by atoms with E-state index < -0.39 is 0 Å². The van der Waals surface area contributed by atoms with Crippen LogP contribution in [0.4, 0.5) is 5.82 Å². The molecule has 0 bridgehead atoms. The molecule has 0 aliphatic rings. The molecule has 0 aliphatic heterocycles. The Labute approximate surface area is 107 Å². The van der Waals surface area contributed by atoms with Crippen LogP contribution in [0.25, 0.3) is 0 Å². The molecule has 2 aromatic heterocycles. The van der Waals surface area contributed by atoms with E-state index in [1.807, 2.05) is 12.3 Å². The molecule has 0 atom stereocenters. The maximum Gasteiger partial charge on any atom is 0.190 e. The van der Waals surface area contributed by atoms with Crippen molar-refractivity contribution >= 4 is 40.5 Å². The number of thioether (sulfide) groups is 1. The fourth-order valence-electron chi connectivity index (χ4n) is 1.17. The Hall–Kier alpha value is -0.780. The maximum atomic E-state index is 5.89. The van der Waals surface area contributed by atoms with E-state index in [9.17, 15) is 0 Å². The van der Waals surface area contributed by atoms with Crippen molar-refractivity contribution in [3.63, 3.8) is 0 Å². The van der Waals surface area contributed by atoms with Crippen molar-refractivity contribution in [1.82, 2.24) is 9.97 Å². The van der Waals surface area contributed by atoms with Crippen molar-refractivity contribution < 1.29 is 0 Å². The molecule has 0 amide bonds. The van der Waals surface area contributed by atoms with Gasteiger partial charge in [0.25, 0.3) is 0 Å². The van der Waals surface area contributed by atoms with Gasteiger partial charge in [0, 0.05) is 10.9 Å². The molecule has 84 valence electrons. The summed E-state index contributed by atoms with van der Waals surface area (Å²) in [5, 5.41) is 6.42. The molecule has 1 N–H and O–H groups in total. The lowest BCUT2D eigenvalue weighted by molar-refractivity contribution is 0.959. The zero-order chi connectivity index (χ0) is 11.4. The number of hydrogen-bond donors (Lipinski definition) is 1. The van der Waals surface area contributed by atoms with E-state index in [4.69, 9.17) is 11.6 Å². The molecule has 3 nitrogen and oxygen atoms in total. The van der Waals surface area contributed by atoms with Crippen molar-refractivity contribution in [3.8, 4) is 0 Å². The molecule has 0 aliphatic carbocycles. The molecule has 0 radical (unpaired) electrons. The summed E-state index contributed by atoms with van der Waals surface area (Å²) < 4.78 is 0. The van der Waals surface area contributed by atoms with Gasteiger partial charge in [-0.25, -0.2) is 9.97 Å². The minimum Gasteiger partial charge on any atom is -0.365 e. The van der Waals surface area contributed by atoms with E-state index in [0.29, 0.717) is 10.3 Å². The Morgan fingerprint density at radius 1 is 1.50 bits per heavy atom. The molecular formula is C10H10ClN3S2. The van der Waals surface area contributed by atoms with Gasteiger partial charge < -0.3 is 5.32 Å². The second-order valence-corrected chi connectivity index (χ2v) is 5.19.